The first-order valence-corrected chi connectivity index (χ1v) is 4.35. The highest BCUT2D eigenvalue weighted by atomic mass is 35.5. The van der Waals surface area contributed by atoms with E-state index in [9.17, 15) is 4.79 Å². The predicted octanol–water partition coefficient (Wildman–Crippen LogP) is 1.69. The molecule has 2 unspecified atom stereocenters. The highest BCUT2D eigenvalue weighted by Gasteiger charge is 2.43. The van der Waals surface area contributed by atoms with Crippen LogP contribution in [-0.4, -0.2) is 11.1 Å². The Morgan fingerprint density at radius 3 is 2.69 bits per heavy atom. The fourth-order valence-electron chi connectivity index (χ4n) is 1.31. The smallest absolute Gasteiger partial charge is 0.315 e. The van der Waals surface area contributed by atoms with Crippen molar-refractivity contribution in [3.63, 3.8) is 0 Å². The fourth-order valence-corrected chi connectivity index (χ4v) is 1.58. The molecule has 0 radical (unpaired) electrons. The molecule has 1 aliphatic rings. The lowest BCUT2D eigenvalue weighted by Gasteiger charge is -2.33. The van der Waals surface area contributed by atoms with Gasteiger partial charge in [0, 0.05) is 5.70 Å². The highest BCUT2D eigenvalue weighted by Crippen LogP contribution is 2.39. The molecule has 0 bridgehead atoms. The maximum absolute atomic E-state index is 11.0. The van der Waals surface area contributed by atoms with Crippen LogP contribution in [0.3, 0.4) is 0 Å². The standard InChI is InChI=1S/C9H12ClNO2/c1-5-3-4-6(10)7(11)9(5,2)8(12)13/h3-5H,11H2,1-2H3,(H,12,13). The van der Waals surface area contributed by atoms with Crippen LogP contribution in [0.15, 0.2) is 22.9 Å². The number of hydrogen-bond acceptors (Lipinski definition) is 2. The molecule has 1 aliphatic carbocycles. The Morgan fingerprint density at radius 2 is 2.31 bits per heavy atom. The van der Waals surface area contributed by atoms with Crippen LogP contribution in [0.25, 0.3) is 0 Å². The first kappa shape index (κ1) is 10.1. The molecule has 3 nitrogen and oxygen atoms in total. The number of aliphatic carboxylic acids is 1. The van der Waals surface area contributed by atoms with Crippen molar-refractivity contribution in [1.29, 1.82) is 0 Å². The van der Waals surface area contributed by atoms with Crippen molar-refractivity contribution in [2.75, 3.05) is 0 Å². The lowest BCUT2D eigenvalue weighted by Crippen LogP contribution is -2.40. The van der Waals surface area contributed by atoms with Gasteiger partial charge in [-0.2, -0.15) is 0 Å². The van der Waals surface area contributed by atoms with E-state index in [1.165, 1.54) is 0 Å². The van der Waals surface area contributed by atoms with E-state index in [0.29, 0.717) is 5.03 Å². The Morgan fingerprint density at radius 1 is 1.77 bits per heavy atom. The summed E-state index contributed by atoms with van der Waals surface area (Å²) in [6.07, 6.45) is 3.40. The van der Waals surface area contributed by atoms with Crippen molar-refractivity contribution in [2.45, 2.75) is 13.8 Å². The molecule has 13 heavy (non-hydrogen) atoms. The number of carboxylic acids is 1. The minimum absolute atomic E-state index is 0.146. The van der Waals surface area contributed by atoms with E-state index in [-0.39, 0.29) is 11.6 Å². The Balaban J connectivity index is 3.24. The van der Waals surface area contributed by atoms with Gasteiger partial charge in [0.15, 0.2) is 0 Å². The molecule has 0 heterocycles. The first-order chi connectivity index (χ1) is 5.90. The molecule has 0 saturated heterocycles. The fraction of sp³-hybridized carbons (Fsp3) is 0.444. The van der Waals surface area contributed by atoms with Crippen molar-refractivity contribution in [3.8, 4) is 0 Å². The SMILES string of the molecule is CC1C=CC(Cl)=C(N)C1(C)C(=O)O. The molecule has 0 amide bonds. The first-order valence-electron chi connectivity index (χ1n) is 3.98. The van der Waals surface area contributed by atoms with Gasteiger partial charge in [-0.1, -0.05) is 24.6 Å². The third-order valence-corrected chi connectivity index (χ3v) is 3.03. The van der Waals surface area contributed by atoms with E-state index < -0.39 is 11.4 Å². The maximum Gasteiger partial charge on any atom is 0.315 e. The summed E-state index contributed by atoms with van der Waals surface area (Å²) in [6, 6.07) is 0. The summed E-state index contributed by atoms with van der Waals surface area (Å²) in [5, 5.41) is 9.37. The quantitative estimate of drug-likeness (QED) is 0.679. The second kappa shape index (κ2) is 3.07. The normalized spacial score (nSPS) is 33.6. The number of allylic oxidation sites excluding steroid dienone is 3. The van der Waals surface area contributed by atoms with Crippen LogP contribution in [0.4, 0.5) is 0 Å². The number of halogens is 1. The van der Waals surface area contributed by atoms with Gasteiger partial charge in [0.1, 0.15) is 5.41 Å². The van der Waals surface area contributed by atoms with E-state index in [4.69, 9.17) is 22.4 Å². The van der Waals surface area contributed by atoms with Crippen molar-refractivity contribution in [1.82, 2.24) is 0 Å². The molecule has 0 fully saturated rings. The van der Waals surface area contributed by atoms with E-state index in [0.717, 1.165) is 0 Å². The Labute approximate surface area is 81.9 Å². The third-order valence-electron chi connectivity index (χ3n) is 2.70. The van der Waals surface area contributed by atoms with E-state index in [2.05, 4.69) is 0 Å². The van der Waals surface area contributed by atoms with Crippen LogP contribution in [0.1, 0.15) is 13.8 Å². The summed E-state index contributed by atoms with van der Waals surface area (Å²) in [5.41, 5.74) is 4.82. The van der Waals surface area contributed by atoms with Crippen molar-refractivity contribution in [2.24, 2.45) is 17.1 Å². The summed E-state index contributed by atoms with van der Waals surface area (Å²) in [7, 11) is 0. The van der Waals surface area contributed by atoms with Gasteiger partial charge in [0.2, 0.25) is 0 Å². The number of carboxylic acid groups (broad SMARTS) is 1. The second-order valence-electron chi connectivity index (χ2n) is 3.42. The molecular formula is C9H12ClNO2. The lowest BCUT2D eigenvalue weighted by atomic mass is 9.73. The van der Waals surface area contributed by atoms with Gasteiger partial charge in [0.05, 0.1) is 5.03 Å². The molecule has 2 atom stereocenters. The van der Waals surface area contributed by atoms with Crippen molar-refractivity contribution in [3.05, 3.63) is 22.9 Å². The van der Waals surface area contributed by atoms with Gasteiger partial charge < -0.3 is 10.8 Å². The van der Waals surface area contributed by atoms with Crippen LogP contribution in [-0.2, 0) is 4.79 Å². The van der Waals surface area contributed by atoms with Crippen LogP contribution < -0.4 is 5.73 Å². The Kier molecular flexibility index (Phi) is 2.39. The average molecular weight is 202 g/mol. The number of hydrogen-bond donors (Lipinski definition) is 2. The molecule has 3 N–H and O–H groups in total. The van der Waals surface area contributed by atoms with Gasteiger partial charge in [0.25, 0.3) is 0 Å². The number of carbonyl (C=O) groups is 1. The summed E-state index contributed by atoms with van der Waals surface area (Å²) >= 11 is 5.77. The summed E-state index contributed by atoms with van der Waals surface area (Å²) in [6.45, 7) is 3.39. The molecule has 1 rings (SSSR count). The second-order valence-corrected chi connectivity index (χ2v) is 3.82. The molecule has 0 saturated carbocycles. The topological polar surface area (TPSA) is 63.3 Å². The van der Waals surface area contributed by atoms with E-state index in [1.807, 2.05) is 0 Å². The van der Waals surface area contributed by atoms with Gasteiger partial charge in [-0.15, -0.1) is 0 Å². The molecule has 4 heteroatoms. The monoisotopic (exact) mass is 201 g/mol. The van der Waals surface area contributed by atoms with Gasteiger partial charge in [-0.25, -0.2) is 0 Å². The summed E-state index contributed by atoms with van der Waals surface area (Å²) < 4.78 is 0. The summed E-state index contributed by atoms with van der Waals surface area (Å²) in [4.78, 5) is 11.0. The zero-order valence-corrected chi connectivity index (χ0v) is 8.30. The zero-order valence-electron chi connectivity index (χ0n) is 7.54. The molecule has 72 valence electrons. The Hall–Kier alpha value is -0.960. The molecule has 0 aromatic carbocycles. The van der Waals surface area contributed by atoms with E-state index >= 15 is 0 Å². The maximum atomic E-state index is 11.0. The number of rotatable bonds is 1. The van der Waals surface area contributed by atoms with Crippen molar-refractivity contribution >= 4 is 17.6 Å². The predicted molar refractivity (Wildman–Crippen MR) is 51.1 cm³/mol. The molecule has 0 aromatic rings. The Bertz CT molecular complexity index is 309. The van der Waals surface area contributed by atoms with Gasteiger partial charge in [-0.05, 0) is 18.9 Å². The third kappa shape index (κ3) is 1.33. The molecule has 0 aromatic heterocycles. The van der Waals surface area contributed by atoms with Gasteiger partial charge >= 0.3 is 5.97 Å². The van der Waals surface area contributed by atoms with E-state index in [1.54, 1.807) is 26.0 Å². The summed E-state index contributed by atoms with van der Waals surface area (Å²) in [5.74, 6) is -1.09. The largest absolute Gasteiger partial charge is 0.481 e. The zero-order chi connectivity index (χ0) is 10.2. The van der Waals surface area contributed by atoms with Crippen LogP contribution in [0, 0.1) is 11.3 Å². The lowest BCUT2D eigenvalue weighted by molar-refractivity contribution is -0.147. The minimum atomic E-state index is -1.08. The molecule has 0 aliphatic heterocycles. The van der Waals surface area contributed by atoms with Crippen molar-refractivity contribution < 1.29 is 9.90 Å². The average Bonchev–Trinajstić information content (AvgIpc) is 2.08. The minimum Gasteiger partial charge on any atom is -0.481 e. The molecule has 0 spiro atoms. The van der Waals surface area contributed by atoms with Gasteiger partial charge in [-0.3, -0.25) is 4.79 Å². The highest BCUT2D eigenvalue weighted by molar-refractivity contribution is 6.31. The van der Waals surface area contributed by atoms with Crippen LogP contribution in [0.5, 0.6) is 0 Å². The molecular weight excluding hydrogens is 190 g/mol. The van der Waals surface area contributed by atoms with Crippen LogP contribution in [0.2, 0.25) is 0 Å². The number of nitrogens with two attached hydrogens (primary N) is 1. The van der Waals surface area contributed by atoms with Crippen LogP contribution >= 0.6 is 11.6 Å².